The number of nitrogens with one attached hydrogen (secondary N) is 3. The summed E-state index contributed by atoms with van der Waals surface area (Å²) in [4.78, 5) is 23.4. The highest BCUT2D eigenvalue weighted by molar-refractivity contribution is 5.93. The Balaban J connectivity index is 1.24. The molecule has 1 saturated carbocycles. The maximum Gasteiger partial charge on any atom is 0.319 e. The Morgan fingerprint density at radius 2 is 1.88 bits per heavy atom. The molecule has 0 bridgehead atoms. The molecule has 0 spiro atoms. The van der Waals surface area contributed by atoms with Gasteiger partial charge in [0.25, 0.3) is 0 Å². The van der Waals surface area contributed by atoms with Crippen LogP contribution in [0.15, 0.2) is 47.1 Å². The maximum atomic E-state index is 12.6. The second kappa shape index (κ2) is 10.3. The van der Waals surface area contributed by atoms with Crippen molar-refractivity contribution in [1.82, 2.24) is 20.4 Å². The van der Waals surface area contributed by atoms with Gasteiger partial charge in [0.1, 0.15) is 17.2 Å². The quantitative estimate of drug-likeness (QED) is 0.493. The van der Waals surface area contributed by atoms with Crippen LogP contribution in [-0.4, -0.2) is 47.8 Å². The van der Waals surface area contributed by atoms with Crippen molar-refractivity contribution in [3.8, 4) is 11.3 Å². The molecule has 0 unspecified atom stereocenters. The number of hydrogen-bond acceptors (Lipinski definition) is 7. The van der Waals surface area contributed by atoms with Crippen molar-refractivity contribution in [2.45, 2.75) is 38.6 Å². The first kappa shape index (κ1) is 22.6. The first-order valence-electron chi connectivity index (χ1n) is 11.3. The fraction of sp³-hybridized carbons (Fsp3) is 0.417. The summed E-state index contributed by atoms with van der Waals surface area (Å²) < 4.78 is 5.45. The molecule has 1 aliphatic carbocycles. The normalized spacial score (nSPS) is 17.9. The number of benzene rings is 1. The van der Waals surface area contributed by atoms with Crippen molar-refractivity contribution in [1.29, 1.82) is 0 Å². The van der Waals surface area contributed by atoms with Gasteiger partial charge in [0.15, 0.2) is 5.76 Å². The van der Waals surface area contributed by atoms with E-state index < -0.39 is 0 Å². The van der Waals surface area contributed by atoms with Gasteiger partial charge < -0.3 is 25.4 Å². The van der Waals surface area contributed by atoms with E-state index in [1.54, 1.807) is 6.20 Å². The van der Waals surface area contributed by atoms with E-state index in [4.69, 9.17) is 4.52 Å². The van der Waals surface area contributed by atoms with Crippen LogP contribution in [0, 0.1) is 12.8 Å². The lowest BCUT2D eigenvalue weighted by Crippen LogP contribution is -2.36. The predicted octanol–water partition coefficient (Wildman–Crippen LogP) is 4.30. The molecule has 1 aromatic carbocycles. The van der Waals surface area contributed by atoms with E-state index in [0.29, 0.717) is 41.6 Å². The van der Waals surface area contributed by atoms with Crippen molar-refractivity contribution in [2.75, 3.05) is 36.2 Å². The number of aromatic nitrogens is 3. The van der Waals surface area contributed by atoms with Gasteiger partial charge in [-0.1, -0.05) is 35.5 Å². The number of carbonyl (C=O) groups excluding carboxylic acids is 1. The Kier molecular flexibility index (Phi) is 7.07. The summed E-state index contributed by atoms with van der Waals surface area (Å²) in [6.45, 7) is 2.45. The van der Waals surface area contributed by atoms with Gasteiger partial charge in [-0.25, -0.2) is 9.78 Å². The van der Waals surface area contributed by atoms with Gasteiger partial charge in [0, 0.05) is 38.4 Å². The van der Waals surface area contributed by atoms with Gasteiger partial charge in [-0.2, -0.15) is 4.98 Å². The average Bonchev–Trinajstić information content (AvgIpc) is 3.19. The highest BCUT2D eigenvalue weighted by Crippen LogP contribution is 2.31. The molecule has 0 aliphatic heterocycles. The summed E-state index contributed by atoms with van der Waals surface area (Å²) in [5.41, 5.74) is 2.13. The van der Waals surface area contributed by atoms with Crippen molar-refractivity contribution < 1.29 is 9.32 Å². The highest BCUT2D eigenvalue weighted by atomic mass is 16.5. The van der Waals surface area contributed by atoms with E-state index in [1.165, 1.54) is 0 Å². The van der Waals surface area contributed by atoms with E-state index in [1.807, 2.05) is 62.3 Å². The molecule has 9 heteroatoms. The number of rotatable bonds is 7. The topological polar surface area (TPSA) is 108 Å². The standard InChI is InChI=1S/C24H31N7O2/c1-16-21(22(33-30-16)18-7-5-4-6-8-18)29-24(32)26-15-17-9-11-19(12-10-17)27-23-25-14-13-20(28-23)31(2)3/h4-8,13-14,17,19H,9-12,15H2,1-3H3,(H,25,27,28)(H2,26,29,32). The van der Waals surface area contributed by atoms with Crippen LogP contribution in [0.1, 0.15) is 31.4 Å². The molecule has 0 atom stereocenters. The molecule has 2 aromatic heterocycles. The second-order valence-corrected chi connectivity index (χ2v) is 8.67. The van der Waals surface area contributed by atoms with Crippen LogP contribution >= 0.6 is 0 Å². The molecular weight excluding hydrogens is 418 g/mol. The molecule has 9 nitrogen and oxygen atoms in total. The fourth-order valence-corrected chi connectivity index (χ4v) is 4.06. The van der Waals surface area contributed by atoms with Crippen molar-refractivity contribution in [3.05, 3.63) is 48.3 Å². The van der Waals surface area contributed by atoms with Gasteiger partial charge in [0.05, 0.1) is 0 Å². The number of amides is 2. The zero-order valence-corrected chi connectivity index (χ0v) is 19.3. The Morgan fingerprint density at radius 3 is 2.61 bits per heavy atom. The SMILES string of the molecule is Cc1noc(-c2ccccc2)c1NC(=O)NCC1CCC(Nc2nccc(N(C)C)n2)CC1. The number of anilines is 3. The molecule has 2 amide bonds. The highest BCUT2D eigenvalue weighted by Gasteiger charge is 2.23. The van der Waals surface area contributed by atoms with Gasteiger partial charge in [-0.05, 0) is 44.6 Å². The second-order valence-electron chi connectivity index (χ2n) is 8.67. The van der Waals surface area contributed by atoms with Crippen LogP contribution in [0.5, 0.6) is 0 Å². The van der Waals surface area contributed by atoms with E-state index in [0.717, 1.165) is 37.1 Å². The minimum absolute atomic E-state index is 0.243. The van der Waals surface area contributed by atoms with E-state index in [2.05, 4.69) is 31.1 Å². The molecule has 4 rings (SSSR count). The number of carbonyl (C=O) groups is 1. The van der Waals surface area contributed by atoms with Crippen LogP contribution in [0.4, 0.5) is 22.2 Å². The van der Waals surface area contributed by atoms with Crippen molar-refractivity contribution >= 4 is 23.5 Å². The van der Waals surface area contributed by atoms with Crippen molar-refractivity contribution in [3.63, 3.8) is 0 Å². The Hall–Kier alpha value is -3.62. The predicted molar refractivity (Wildman–Crippen MR) is 129 cm³/mol. The van der Waals surface area contributed by atoms with Gasteiger partial charge in [0.2, 0.25) is 5.95 Å². The number of aryl methyl sites for hydroxylation is 1. The summed E-state index contributed by atoms with van der Waals surface area (Å²) in [7, 11) is 3.93. The molecule has 1 aliphatic rings. The van der Waals surface area contributed by atoms with E-state index >= 15 is 0 Å². The zero-order chi connectivity index (χ0) is 23.2. The Labute approximate surface area is 194 Å². The fourth-order valence-electron chi connectivity index (χ4n) is 4.06. The molecular formula is C24H31N7O2. The van der Waals surface area contributed by atoms with E-state index in [9.17, 15) is 4.79 Å². The van der Waals surface area contributed by atoms with Crippen LogP contribution in [0.2, 0.25) is 0 Å². The molecule has 2 heterocycles. The molecule has 174 valence electrons. The summed E-state index contributed by atoms with van der Waals surface area (Å²) in [5, 5.41) is 13.4. The Bertz CT molecular complexity index is 1060. The molecule has 3 N–H and O–H groups in total. The maximum absolute atomic E-state index is 12.6. The third-order valence-corrected chi connectivity index (χ3v) is 5.97. The molecule has 1 fully saturated rings. The molecule has 0 saturated heterocycles. The van der Waals surface area contributed by atoms with E-state index in [-0.39, 0.29) is 6.03 Å². The Morgan fingerprint density at radius 1 is 1.12 bits per heavy atom. The number of hydrogen-bond donors (Lipinski definition) is 3. The summed E-state index contributed by atoms with van der Waals surface area (Å²) in [6, 6.07) is 11.6. The zero-order valence-electron chi connectivity index (χ0n) is 19.3. The van der Waals surface area contributed by atoms with Gasteiger partial charge >= 0.3 is 6.03 Å². The minimum Gasteiger partial charge on any atom is -0.363 e. The number of urea groups is 1. The molecule has 3 aromatic rings. The summed E-state index contributed by atoms with van der Waals surface area (Å²) in [6.07, 6.45) is 5.89. The smallest absolute Gasteiger partial charge is 0.319 e. The summed E-state index contributed by atoms with van der Waals surface area (Å²) in [5.74, 6) is 2.56. The third kappa shape index (κ3) is 5.79. The lowest BCUT2D eigenvalue weighted by Gasteiger charge is -2.29. The lowest BCUT2D eigenvalue weighted by molar-refractivity contribution is 0.246. The number of nitrogens with zero attached hydrogens (tertiary/aromatic N) is 4. The summed E-state index contributed by atoms with van der Waals surface area (Å²) >= 11 is 0. The van der Waals surface area contributed by atoms with Gasteiger partial charge in [-0.3, -0.25) is 0 Å². The molecule has 33 heavy (non-hydrogen) atoms. The molecule has 0 radical (unpaired) electrons. The van der Waals surface area contributed by atoms with Crippen LogP contribution < -0.4 is 20.9 Å². The average molecular weight is 450 g/mol. The van der Waals surface area contributed by atoms with Crippen LogP contribution in [0.3, 0.4) is 0 Å². The monoisotopic (exact) mass is 449 g/mol. The third-order valence-electron chi connectivity index (χ3n) is 5.97. The lowest BCUT2D eigenvalue weighted by atomic mass is 9.86. The van der Waals surface area contributed by atoms with Gasteiger partial charge in [-0.15, -0.1) is 0 Å². The first-order chi connectivity index (χ1) is 16.0. The first-order valence-corrected chi connectivity index (χ1v) is 11.3. The van der Waals surface area contributed by atoms with Crippen molar-refractivity contribution in [2.24, 2.45) is 5.92 Å². The van der Waals surface area contributed by atoms with Crippen LogP contribution in [0.25, 0.3) is 11.3 Å². The largest absolute Gasteiger partial charge is 0.363 e. The van der Waals surface area contributed by atoms with Crippen LogP contribution in [-0.2, 0) is 0 Å². The minimum atomic E-state index is -0.243.